The van der Waals surface area contributed by atoms with Crippen LogP contribution in [0, 0.1) is 0 Å². The van der Waals surface area contributed by atoms with Gasteiger partial charge in [-0.15, -0.1) is 0 Å². The van der Waals surface area contributed by atoms with Crippen molar-refractivity contribution in [2.24, 2.45) is 0 Å². The van der Waals surface area contributed by atoms with Crippen molar-refractivity contribution in [1.29, 1.82) is 0 Å². The number of aromatic nitrogens is 4. The summed E-state index contributed by atoms with van der Waals surface area (Å²) in [7, 11) is 0. The molecule has 0 fully saturated rings. The Morgan fingerprint density at radius 3 is 3.00 bits per heavy atom. The van der Waals surface area contributed by atoms with E-state index in [1.54, 1.807) is 22.6 Å². The fraction of sp³-hybridized carbons (Fsp3) is 0.100. The van der Waals surface area contributed by atoms with Gasteiger partial charge in [-0.2, -0.15) is 9.61 Å². The molecule has 0 aliphatic carbocycles. The molecular formula is C10H8N4S. The number of fused-ring (bicyclic) bond motifs is 3. The summed E-state index contributed by atoms with van der Waals surface area (Å²) in [5, 5.41) is 6.06. The van der Waals surface area contributed by atoms with Gasteiger partial charge in [-0.25, -0.2) is 9.97 Å². The normalized spacial score (nSPS) is 11.3. The molecule has 3 aromatic rings. The van der Waals surface area contributed by atoms with Crippen molar-refractivity contribution in [1.82, 2.24) is 19.6 Å². The molecule has 15 heavy (non-hydrogen) atoms. The first-order chi connectivity index (χ1) is 7.40. The van der Waals surface area contributed by atoms with Gasteiger partial charge in [0.05, 0.1) is 5.52 Å². The molecule has 74 valence electrons. The van der Waals surface area contributed by atoms with Gasteiger partial charge in [0.25, 0.3) is 0 Å². The minimum atomic E-state index is 0.862. The van der Waals surface area contributed by atoms with E-state index in [9.17, 15) is 0 Å². The molecule has 0 bridgehead atoms. The zero-order valence-electron chi connectivity index (χ0n) is 8.08. The highest BCUT2D eigenvalue weighted by molar-refractivity contribution is 7.98. The fourth-order valence-corrected chi connectivity index (χ4v) is 2.10. The number of thioether (sulfide) groups is 1. The Labute approximate surface area is 90.3 Å². The predicted octanol–water partition coefficient (Wildman–Crippen LogP) is 2.00. The van der Waals surface area contributed by atoms with Crippen LogP contribution >= 0.6 is 11.8 Å². The van der Waals surface area contributed by atoms with Crippen molar-refractivity contribution in [3.05, 3.63) is 30.6 Å². The molecule has 0 saturated carbocycles. The Kier molecular flexibility index (Phi) is 1.85. The van der Waals surface area contributed by atoms with Crippen molar-refractivity contribution in [3.63, 3.8) is 0 Å². The van der Waals surface area contributed by atoms with Gasteiger partial charge in [0.15, 0.2) is 10.8 Å². The fourth-order valence-electron chi connectivity index (χ4n) is 1.61. The maximum absolute atomic E-state index is 4.52. The first-order valence-corrected chi connectivity index (χ1v) is 5.75. The van der Waals surface area contributed by atoms with Crippen molar-refractivity contribution < 1.29 is 0 Å². The Morgan fingerprint density at radius 1 is 1.27 bits per heavy atom. The summed E-state index contributed by atoms with van der Waals surface area (Å²) >= 11 is 1.57. The first kappa shape index (κ1) is 8.67. The van der Waals surface area contributed by atoms with Gasteiger partial charge >= 0.3 is 0 Å². The summed E-state index contributed by atoms with van der Waals surface area (Å²) in [6.45, 7) is 0. The molecular weight excluding hydrogens is 208 g/mol. The van der Waals surface area contributed by atoms with E-state index in [2.05, 4.69) is 15.1 Å². The monoisotopic (exact) mass is 216 g/mol. The third-order valence-electron chi connectivity index (χ3n) is 2.27. The third kappa shape index (κ3) is 1.20. The molecule has 0 aliphatic rings. The Hall–Kier alpha value is -1.62. The lowest BCUT2D eigenvalue weighted by atomic mass is 10.2. The molecule has 0 spiro atoms. The van der Waals surface area contributed by atoms with Crippen molar-refractivity contribution in [2.75, 3.05) is 6.26 Å². The highest BCUT2D eigenvalue weighted by Gasteiger charge is 2.07. The summed E-state index contributed by atoms with van der Waals surface area (Å²) in [6, 6.07) is 7.96. The van der Waals surface area contributed by atoms with E-state index < -0.39 is 0 Å². The molecule has 0 N–H and O–H groups in total. The Balaban J connectivity index is 2.57. The second kappa shape index (κ2) is 3.20. The second-order valence-electron chi connectivity index (χ2n) is 3.11. The van der Waals surface area contributed by atoms with Gasteiger partial charge in [0.2, 0.25) is 0 Å². The molecule has 4 nitrogen and oxygen atoms in total. The predicted molar refractivity (Wildman–Crippen MR) is 60.1 cm³/mol. The van der Waals surface area contributed by atoms with Crippen LogP contribution in [0.1, 0.15) is 0 Å². The largest absolute Gasteiger partial charge is 0.222 e. The number of para-hydroxylation sites is 1. The number of benzene rings is 1. The van der Waals surface area contributed by atoms with Crippen LogP contribution in [0.4, 0.5) is 0 Å². The van der Waals surface area contributed by atoms with Gasteiger partial charge in [-0.05, 0) is 18.4 Å². The van der Waals surface area contributed by atoms with Crippen LogP contribution in [0.25, 0.3) is 16.6 Å². The van der Waals surface area contributed by atoms with Crippen LogP contribution in [-0.4, -0.2) is 25.8 Å². The van der Waals surface area contributed by atoms with E-state index in [1.807, 2.05) is 30.5 Å². The average Bonchev–Trinajstić information content (AvgIpc) is 2.77. The first-order valence-electron chi connectivity index (χ1n) is 4.52. The minimum Gasteiger partial charge on any atom is -0.222 e. The average molecular weight is 216 g/mol. The quantitative estimate of drug-likeness (QED) is 0.461. The lowest BCUT2D eigenvalue weighted by Gasteiger charge is -2.02. The maximum Gasteiger partial charge on any atom is 0.191 e. The molecule has 0 atom stereocenters. The standard InChI is InChI=1S/C10H8N4S/c1-15-10-13-8-5-3-2-4-7(8)9-11-6-12-14(9)10/h2-6H,1H3. The molecule has 0 amide bonds. The number of hydrogen-bond donors (Lipinski definition) is 0. The van der Waals surface area contributed by atoms with Crippen LogP contribution in [0.2, 0.25) is 0 Å². The molecule has 5 heteroatoms. The van der Waals surface area contributed by atoms with Crippen LogP contribution in [0.5, 0.6) is 0 Å². The molecule has 2 heterocycles. The van der Waals surface area contributed by atoms with Gasteiger partial charge in [0, 0.05) is 5.39 Å². The topological polar surface area (TPSA) is 43.1 Å². The van der Waals surface area contributed by atoms with Crippen molar-refractivity contribution >= 4 is 28.3 Å². The number of nitrogens with zero attached hydrogens (tertiary/aromatic N) is 4. The highest BCUT2D eigenvalue weighted by Crippen LogP contribution is 2.21. The summed E-state index contributed by atoms with van der Waals surface area (Å²) in [5.41, 5.74) is 1.83. The van der Waals surface area contributed by atoms with E-state index in [-0.39, 0.29) is 0 Å². The molecule has 1 aromatic carbocycles. The molecule has 2 aromatic heterocycles. The molecule has 0 radical (unpaired) electrons. The van der Waals surface area contributed by atoms with Gasteiger partial charge in [-0.3, -0.25) is 0 Å². The van der Waals surface area contributed by atoms with Gasteiger partial charge in [-0.1, -0.05) is 23.9 Å². The summed E-state index contributed by atoms with van der Waals surface area (Å²) in [4.78, 5) is 8.77. The minimum absolute atomic E-state index is 0.862. The van der Waals surface area contributed by atoms with E-state index >= 15 is 0 Å². The second-order valence-corrected chi connectivity index (χ2v) is 3.88. The summed E-state index contributed by atoms with van der Waals surface area (Å²) < 4.78 is 1.77. The lowest BCUT2D eigenvalue weighted by molar-refractivity contribution is 0.810. The van der Waals surface area contributed by atoms with Crippen molar-refractivity contribution in [3.8, 4) is 0 Å². The van der Waals surface area contributed by atoms with E-state index in [0.717, 1.165) is 21.7 Å². The van der Waals surface area contributed by atoms with Crippen molar-refractivity contribution in [2.45, 2.75) is 5.16 Å². The number of hydrogen-bond acceptors (Lipinski definition) is 4. The van der Waals surface area contributed by atoms with Crippen LogP contribution in [0.15, 0.2) is 35.7 Å². The molecule has 3 rings (SSSR count). The summed E-state index contributed by atoms with van der Waals surface area (Å²) in [6.07, 6.45) is 3.54. The van der Waals surface area contributed by atoms with E-state index in [1.165, 1.54) is 0 Å². The molecule has 0 aliphatic heterocycles. The zero-order valence-corrected chi connectivity index (χ0v) is 8.90. The molecule has 0 unspecified atom stereocenters. The number of rotatable bonds is 1. The SMILES string of the molecule is CSc1nc2ccccc2c2ncnn12. The summed E-state index contributed by atoms with van der Waals surface area (Å²) in [5.74, 6) is 0. The third-order valence-corrected chi connectivity index (χ3v) is 2.90. The highest BCUT2D eigenvalue weighted by atomic mass is 32.2. The van der Waals surface area contributed by atoms with Crippen LogP contribution in [-0.2, 0) is 0 Å². The van der Waals surface area contributed by atoms with Gasteiger partial charge in [0.1, 0.15) is 6.33 Å². The zero-order chi connectivity index (χ0) is 10.3. The van der Waals surface area contributed by atoms with E-state index in [0.29, 0.717) is 0 Å². The Bertz CT molecular complexity index is 631. The lowest BCUT2D eigenvalue weighted by Crippen LogP contribution is -1.96. The maximum atomic E-state index is 4.52. The van der Waals surface area contributed by atoms with Gasteiger partial charge < -0.3 is 0 Å². The van der Waals surface area contributed by atoms with Crippen LogP contribution in [0.3, 0.4) is 0 Å². The van der Waals surface area contributed by atoms with E-state index in [4.69, 9.17) is 0 Å². The molecule has 0 saturated heterocycles. The Morgan fingerprint density at radius 2 is 2.13 bits per heavy atom. The smallest absolute Gasteiger partial charge is 0.191 e. The van der Waals surface area contributed by atoms with Crippen LogP contribution < -0.4 is 0 Å².